The SMILES string of the molecule is CCOC(C(=O)[O-])C(=O)OC(=O)O.[Na+]. The molecule has 1 N–H and O–H groups in total. The van der Waals surface area contributed by atoms with Gasteiger partial charge < -0.3 is 24.5 Å². The number of aliphatic carboxylic acids is 1. The van der Waals surface area contributed by atoms with Crippen molar-refractivity contribution in [3.8, 4) is 0 Å². The Morgan fingerprint density at radius 2 is 1.93 bits per heavy atom. The van der Waals surface area contributed by atoms with Gasteiger partial charge in [-0.05, 0) is 6.92 Å². The normalized spacial score (nSPS) is 10.9. The van der Waals surface area contributed by atoms with Crippen LogP contribution in [0.25, 0.3) is 0 Å². The molecule has 0 aliphatic rings. The van der Waals surface area contributed by atoms with E-state index in [2.05, 4.69) is 9.47 Å². The number of rotatable bonds is 4. The molecule has 0 aromatic carbocycles. The monoisotopic (exact) mass is 214 g/mol. The summed E-state index contributed by atoms with van der Waals surface area (Å²) in [6.45, 7) is 1.36. The predicted molar refractivity (Wildman–Crippen MR) is 34.5 cm³/mol. The molecule has 0 spiro atoms. The van der Waals surface area contributed by atoms with Crippen LogP contribution in [-0.4, -0.2) is 35.9 Å². The van der Waals surface area contributed by atoms with Crippen molar-refractivity contribution >= 4 is 18.1 Å². The summed E-state index contributed by atoms with van der Waals surface area (Å²) in [7, 11) is 0. The minimum atomic E-state index is -2.00. The molecule has 0 aliphatic heterocycles. The molecule has 0 radical (unpaired) electrons. The first-order chi connectivity index (χ1) is 5.99. The van der Waals surface area contributed by atoms with E-state index in [1.54, 1.807) is 0 Å². The molecule has 1 unspecified atom stereocenters. The molecule has 74 valence electrons. The van der Waals surface area contributed by atoms with Gasteiger partial charge in [0.05, 0.1) is 5.97 Å². The zero-order valence-electron chi connectivity index (χ0n) is 7.68. The van der Waals surface area contributed by atoms with Crippen LogP contribution in [0.5, 0.6) is 0 Å². The Labute approximate surface area is 101 Å². The third-order valence-electron chi connectivity index (χ3n) is 0.949. The summed E-state index contributed by atoms with van der Waals surface area (Å²) >= 11 is 0. The summed E-state index contributed by atoms with van der Waals surface area (Å²) in [6, 6.07) is 0. The van der Waals surface area contributed by atoms with Gasteiger partial charge in [-0.2, -0.15) is 0 Å². The zero-order chi connectivity index (χ0) is 10.4. The number of esters is 1. The number of carboxylic acids is 1. The Kier molecular flexibility index (Phi) is 8.75. The van der Waals surface area contributed by atoms with Crippen molar-refractivity contribution in [3.05, 3.63) is 0 Å². The number of hydrogen-bond donors (Lipinski definition) is 1. The Balaban J connectivity index is 0. The maximum Gasteiger partial charge on any atom is 1.00 e. The van der Waals surface area contributed by atoms with Gasteiger partial charge in [0, 0.05) is 6.61 Å². The van der Waals surface area contributed by atoms with Gasteiger partial charge in [-0.25, -0.2) is 9.59 Å². The van der Waals surface area contributed by atoms with E-state index in [0.29, 0.717) is 0 Å². The third-order valence-corrected chi connectivity index (χ3v) is 0.949. The number of carbonyl (C=O) groups excluding carboxylic acids is 2. The van der Waals surface area contributed by atoms with Crippen molar-refractivity contribution in [1.29, 1.82) is 0 Å². The molecule has 0 aromatic heterocycles. The van der Waals surface area contributed by atoms with Crippen molar-refractivity contribution in [2.45, 2.75) is 13.0 Å². The number of carbonyl (C=O) groups is 3. The molecule has 0 bridgehead atoms. The van der Waals surface area contributed by atoms with Crippen molar-refractivity contribution in [3.63, 3.8) is 0 Å². The van der Waals surface area contributed by atoms with E-state index in [1.807, 2.05) is 0 Å². The van der Waals surface area contributed by atoms with Gasteiger partial charge in [0.25, 0.3) is 0 Å². The summed E-state index contributed by atoms with van der Waals surface area (Å²) in [6.07, 6.45) is -3.89. The van der Waals surface area contributed by atoms with E-state index < -0.39 is 24.2 Å². The topological polar surface area (TPSA) is 113 Å². The van der Waals surface area contributed by atoms with Crippen LogP contribution < -0.4 is 34.7 Å². The van der Waals surface area contributed by atoms with E-state index in [0.717, 1.165) is 0 Å². The van der Waals surface area contributed by atoms with E-state index >= 15 is 0 Å². The average Bonchev–Trinajstić information content (AvgIpc) is 1.97. The third kappa shape index (κ3) is 5.92. The minimum Gasteiger partial charge on any atom is -0.547 e. The van der Waals surface area contributed by atoms with E-state index in [1.165, 1.54) is 6.92 Å². The smallest absolute Gasteiger partial charge is 0.547 e. The fraction of sp³-hybridized carbons (Fsp3) is 0.500. The first-order valence-electron chi connectivity index (χ1n) is 3.26. The van der Waals surface area contributed by atoms with Gasteiger partial charge in [-0.3, -0.25) is 0 Å². The van der Waals surface area contributed by atoms with Crippen LogP contribution in [0.3, 0.4) is 0 Å². The van der Waals surface area contributed by atoms with Crippen molar-refractivity contribution < 1.29 is 63.6 Å². The summed E-state index contributed by atoms with van der Waals surface area (Å²) in [5, 5.41) is 18.2. The average molecular weight is 214 g/mol. The van der Waals surface area contributed by atoms with Gasteiger partial charge in [-0.15, -0.1) is 0 Å². The molecule has 0 aromatic rings. The standard InChI is InChI=1S/C6H8O7.Na/c1-2-12-3(4(7)8)5(9)13-6(10)11;/h3H,2H2,1H3,(H,7,8)(H,10,11);/q;+1/p-1. The van der Waals surface area contributed by atoms with Crippen LogP contribution in [-0.2, 0) is 19.1 Å². The Morgan fingerprint density at radius 1 is 1.43 bits per heavy atom. The molecule has 0 saturated carbocycles. The Bertz CT molecular complexity index is 226. The summed E-state index contributed by atoms with van der Waals surface area (Å²) < 4.78 is 7.92. The van der Waals surface area contributed by atoms with Crippen molar-refractivity contribution in [2.24, 2.45) is 0 Å². The van der Waals surface area contributed by atoms with E-state index in [-0.39, 0.29) is 36.2 Å². The number of carboxylic acid groups (broad SMARTS) is 2. The van der Waals surface area contributed by atoms with Gasteiger partial charge in [0.15, 0.2) is 6.10 Å². The van der Waals surface area contributed by atoms with Crippen LogP contribution in [0.2, 0.25) is 0 Å². The molecule has 0 saturated heterocycles. The Morgan fingerprint density at radius 3 is 2.21 bits per heavy atom. The first kappa shape index (κ1) is 15.8. The number of ether oxygens (including phenoxy) is 2. The minimum absolute atomic E-state index is 0. The molecule has 0 heterocycles. The molecule has 1 atom stereocenters. The molecule has 7 nitrogen and oxygen atoms in total. The summed E-state index contributed by atoms with van der Waals surface area (Å²) in [4.78, 5) is 30.6. The van der Waals surface area contributed by atoms with E-state index in [4.69, 9.17) is 5.11 Å². The summed E-state index contributed by atoms with van der Waals surface area (Å²) in [5.74, 6) is -3.36. The van der Waals surface area contributed by atoms with Gasteiger partial charge in [0.2, 0.25) is 0 Å². The molecule has 0 rings (SSSR count). The van der Waals surface area contributed by atoms with Crippen molar-refractivity contribution in [2.75, 3.05) is 6.61 Å². The molecule has 14 heavy (non-hydrogen) atoms. The molecule has 0 amide bonds. The van der Waals surface area contributed by atoms with Gasteiger partial charge in [0.1, 0.15) is 0 Å². The van der Waals surface area contributed by atoms with Crippen LogP contribution in [0.1, 0.15) is 6.92 Å². The maximum absolute atomic E-state index is 10.6. The number of hydrogen-bond acceptors (Lipinski definition) is 6. The molecule has 0 aliphatic carbocycles. The Hall–Kier alpha value is -0.630. The quantitative estimate of drug-likeness (QED) is 0.284. The van der Waals surface area contributed by atoms with Crippen LogP contribution >= 0.6 is 0 Å². The summed E-state index contributed by atoms with van der Waals surface area (Å²) in [5.41, 5.74) is 0. The maximum atomic E-state index is 10.6. The fourth-order valence-electron chi connectivity index (χ4n) is 0.539. The largest absolute Gasteiger partial charge is 1.00 e. The van der Waals surface area contributed by atoms with Crippen LogP contribution in [0.4, 0.5) is 4.79 Å². The molecular formula is C6H7NaO7. The van der Waals surface area contributed by atoms with Gasteiger partial charge >= 0.3 is 41.7 Å². The zero-order valence-corrected chi connectivity index (χ0v) is 9.68. The molecule has 0 fully saturated rings. The van der Waals surface area contributed by atoms with Crippen LogP contribution in [0, 0.1) is 0 Å². The van der Waals surface area contributed by atoms with Crippen LogP contribution in [0.15, 0.2) is 0 Å². The molecular weight excluding hydrogens is 207 g/mol. The predicted octanol–water partition coefficient (Wildman–Crippen LogP) is -4.63. The van der Waals surface area contributed by atoms with E-state index in [9.17, 15) is 19.5 Å². The molecule has 8 heteroatoms. The van der Waals surface area contributed by atoms with Crippen molar-refractivity contribution in [1.82, 2.24) is 0 Å². The second kappa shape index (κ2) is 7.74. The second-order valence-electron chi connectivity index (χ2n) is 1.84. The van der Waals surface area contributed by atoms with Gasteiger partial charge in [-0.1, -0.05) is 0 Å². The fourth-order valence-corrected chi connectivity index (χ4v) is 0.539. The second-order valence-corrected chi connectivity index (χ2v) is 1.84. The first-order valence-corrected chi connectivity index (χ1v) is 3.26.